The lowest BCUT2D eigenvalue weighted by Gasteiger charge is -2.09. The van der Waals surface area contributed by atoms with Crippen LogP contribution < -0.4 is 9.47 Å². The predicted molar refractivity (Wildman–Crippen MR) is 77.9 cm³/mol. The van der Waals surface area contributed by atoms with E-state index in [1.54, 1.807) is 46.3 Å². The summed E-state index contributed by atoms with van der Waals surface area (Å²) in [4.78, 5) is 12.0. The van der Waals surface area contributed by atoms with Crippen LogP contribution in [0.2, 0.25) is 0 Å². The van der Waals surface area contributed by atoms with Crippen LogP contribution in [0.3, 0.4) is 0 Å². The third-order valence-corrected chi connectivity index (χ3v) is 3.00. The molecule has 2 rings (SSSR count). The van der Waals surface area contributed by atoms with Gasteiger partial charge in [-0.05, 0) is 38.1 Å². The van der Waals surface area contributed by atoms with Crippen LogP contribution >= 0.6 is 0 Å². The van der Waals surface area contributed by atoms with Gasteiger partial charge in [0.2, 0.25) is 0 Å². The summed E-state index contributed by atoms with van der Waals surface area (Å²) in [5.41, 5.74) is 1.13. The average molecular weight is 290 g/mol. The van der Waals surface area contributed by atoms with Crippen molar-refractivity contribution in [1.82, 2.24) is 0 Å². The van der Waals surface area contributed by atoms with Gasteiger partial charge in [0.25, 0.3) is 0 Å². The minimum absolute atomic E-state index is 0.314. The zero-order chi connectivity index (χ0) is 15.4. The Kier molecular flexibility index (Phi) is 4.52. The summed E-state index contributed by atoms with van der Waals surface area (Å²) in [5.74, 6) is 1.88. The third kappa shape index (κ3) is 3.02. The van der Waals surface area contributed by atoms with E-state index in [4.69, 9.17) is 18.6 Å². The maximum absolute atomic E-state index is 12.0. The van der Waals surface area contributed by atoms with Gasteiger partial charge in [0.1, 0.15) is 17.1 Å². The van der Waals surface area contributed by atoms with E-state index in [1.807, 2.05) is 6.07 Å². The van der Waals surface area contributed by atoms with Crippen LogP contribution in [0.4, 0.5) is 0 Å². The molecule has 0 atom stereocenters. The second kappa shape index (κ2) is 6.35. The highest BCUT2D eigenvalue weighted by molar-refractivity contribution is 5.96. The van der Waals surface area contributed by atoms with E-state index in [1.165, 1.54) is 0 Å². The molecule has 0 radical (unpaired) electrons. The van der Waals surface area contributed by atoms with Crippen molar-refractivity contribution in [3.8, 4) is 22.8 Å². The van der Waals surface area contributed by atoms with Gasteiger partial charge in [0.15, 0.2) is 11.5 Å². The van der Waals surface area contributed by atoms with Crippen molar-refractivity contribution < 1.29 is 23.4 Å². The van der Waals surface area contributed by atoms with Gasteiger partial charge in [-0.15, -0.1) is 0 Å². The lowest BCUT2D eigenvalue weighted by molar-refractivity contribution is 0.0526. The summed E-state index contributed by atoms with van der Waals surface area (Å²) in [6, 6.07) is 7.01. The van der Waals surface area contributed by atoms with E-state index in [-0.39, 0.29) is 0 Å². The summed E-state index contributed by atoms with van der Waals surface area (Å²) in [7, 11) is 3.12. The van der Waals surface area contributed by atoms with Gasteiger partial charge < -0.3 is 18.6 Å². The fourth-order valence-corrected chi connectivity index (χ4v) is 2.07. The minimum Gasteiger partial charge on any atom is -0.493 e. The number of benzene rings is 1. The summed E-state index contributed by atoms with van der Waals surface area (Å²) in [5, 5.41) is 0. The topological polar surface area (TPSA) is 57.9 Å². The Balaban J connectivity index is 2.49. The van der Waals surface area contributed by atoms with Crippen molar-refractivity contribution in [2.45, 2.75) is 13.8 Å². The molecule has 0 N–H and O–H groups in total. The SMILES string of the molecule is CCOC(=O)c1cc(C)oc1-c1ccc(OC)c(OC)c1. The summed E-state index contributed by atoms with van der Waals surface area (Å²) >= 11 is 0. The van der Waals surface area contributed by atoms with E-state index >= 15 is 0 Å². The van der Waals surface area contributed by atoms with E-state index in [0.717, 1.165) is 5.56 Å². The highest BCUT2D eigenvalue weighted by Gasteiger charge is 2.20. The maximum atomic E-state index is 12.0. The molecular formula is C16H18O5. The van der Waals surface area contributed by atoms with Gasteiger partial charge in [-0.25, -0.2) is 4.79 Å². The molecule has 0 aliphatic rings. The standard InChI is InChI=1S/C16H18O5/c1-5-20-16(17)12-8-10(2)21-15(12)11-6-7-13(18-3)14(9-11)19-4/h6-9H,5H2,1-4H3. The number of esters is 1. The molecule has 0 saturated carbocycles. The fourth-order valence-electron chi connectivity index (χ4n) is 2.07. The van der Waals surface area contributed by atoms with Crippen LogP contribution in [0.1, 0.15) is 23.0 Å². The lowest BCUT2D eigenvalue weighted by atomic mass is 10.1. The highest BCUT2D eigenvalue weighted by atomic mass is 16.5. The molecular weight excluding hydrogens is 272 g/mol. The second-order valence-electron chi connectivity index (χ2n) is 4.39. The van der Waals surface area contributed by atoms with Gasteiger partial charge in [-0.2, -0.15) is 0 Å². The molecule has 0 aliphatic heterocycles. The van der Waals surface area contributed by atoms with E-state index in [2.05, 4.69) is 0 Å². The minimum atomic E-state index is -0.404. The number of hydrogen-bond acceptors (Lipinski definition) is 5. The molecule has 0 bridgehead atoms. The smallest absolute Gasteiger partial charge is 0.342 e. The Labute approximate surface area is 123 Å². The molecule has 112 valence electrons. The Hall–Kier alpha value is -2.43. The van der Waals surface area contributed by atoms with Crippen LogP contribution in [0.5, 0.6) is 11.5 Å². The molecule has 1 aromatic heterocycles. The lowest BCUT2D eigenvalue weighted by Crippen LogP contribution is -2.04. The van der Waals surface area contributed by atoms with Crippen LogP contribution in [0, 0.1) is 6.92 Å². The number of rotatable bonds is 5. The molecule has 1 heterocycles. The Bertz CT molecular complexity index is 642. The predicted octanol–water partition coefficient (Wildman–Crippen LogP) is 3.45. The summed E-state index contributed by atoms with van der Waals surface area (Å²) < 4.78 is 21.2. The molecule has 0 spiro atoms. The molecule has 0 fully saturated rings. The molecule has 0 amide bonds. The van der Waals surface area contributed by atoms with Gasteiger partial charge in [-0.3, -0.25) is 0 Å². The maximum Gasteiger partial charge on any atom is 0.342 e. The molecule has 0 saturated heterocycles. The first-order chi connectivity index (χ1) is 10.1. The van der Waals surface area contributed by atoms with Crippen LogP contribution in [-0.4, -0.2) is 26.8 Å². The first kappa shape index (κ1) is 15.0. The number of methoxy groups -OCH3 is 2. The van der Waals surface area contributed by atoms with Crippen molar-refractivity contribution in [2.75, 3.05) is 20.8 Å². The number of hydrogen-bond donors (Lipinski definition) is 0. The number of carbonyl (C=O) groups excluding carboxylic acids is 1. The Morgan fingerprint density at radius 1 is 1.14 bits per heavy atom. The van der Waals surface area contributed by atoms with Crippen LogP contribution in [0.15, 0.2) is 28.7 Å². The molecule has 5 heteroatoms. The largest absolute Gasteiger partial charge is 0.493 e. The second-order valence-corrected chi connectivity index (χ2v) is 4.39. The van der Waals surface area contributed by atoms with Crippen molar-refractivity contribution in [3.05, 3.63) is 35.6 Å². The molecule has 2 aromatic rings. The van der Waals surface area contributed by atoms with Gasteiger partial charge >= 0.3 is 5.97 Å². The van der Waals surface area contributed by atoms with Gasteiger partial charge in [0.05, 0.1) is 20.8 Å². The van der Waals surface area contributed by atoms with E-state index in [0.29, 0.717) is 35.2 Å². The molecule has 1 aromatic carbocycles. The number of carbonyl (C=O) groups is 1. The fraction of sp³-hybridized carbons (Fsp3) is 0.312. The molecule has 0 unspecified atom stereocenters. The average Bonchev–Trinajstić information content (AvgIpc) is 2.88. The third-order valence-electron chi connectivity index (χ3n) is 3.00. The van der Waals surface area contributed by atoms with Crippen molar-refractivity contribution in [2.24, 2.45) is 0 Å². The Morgan fingerprint density at radius 2 is 1.86 bits per heavy atom. The molecule has 5 nitrogen and oxygen atoms in total. The number of ether oxygens (including phenoxy) is 3. The van der Waals surface area contributed by atoms with Crippen molar-refractivity contribution in [1.29, 1.82) is 0 Å². The van der Waals surface area contributed by atoms with E-state index in [9.17, 15) is 4.79 Å². The molecule has 0 aliphatic carbocycles. The molecule has 21 heavy (non-hydrogen) atoms. The summed E-state index contributed by atoms with van der Waals surface area (Å²) in [6.45, 7) is 3.86. The van der Waals surface area contributed by atoms with Crippen LogP contribution in [0.25, 0.3) is 11.3 Å². The zero-order valence-electron chi connectivity index (χ0n) is 12.6. The first-order valence-corrected chi connectivity index (χ1v) is 6.60. The zero-order valence-corrected chi connectivity index (χ0v) is 12.6. The number of furan rings is 1. The first-order valence-electron chi connectivity index (χ1n) is 6.60. The van der Waals surface area contributed by atoms with E-state index < -0.39 is 5.97 Å². The number of aryl methyl sites for hydroxylation is 1. The quantitative estimate of drug-likeness (QED) is 0.789. The van der Waals surface area contributed by atoms with Crippen molar-refractivity contribution >= 4 is 5.97 Å². The summed E-state index contributed by atoms with van der Waals surface area (Å²) in [6.07, 6.45) is 0. The normalized spacial score (nSPS) is 10.3. The van der Waals surface area contributed by atoms with Crippen LogP contribution in [-0.2, 0) is 4.74 Å². The highest BCUT2D eigenvalue weighted by Crippen LogP contribution is 2.35. The van der Waals surface area contributed by atoms with Gasteiger partial charge in [0, 0.05) is 5.56 Å². The Morgan fingerprint density at radius 3 is 2.48 bits per heavy atom. The monoisotopic (exact) mass is 290 g/mol. The van der Waals surface area contributed by atoms with Gasteiger partial charge in [-0.1, -0.05) is 0 Å². The van der Waals surface area contributed by atoms with Crippen molar-refractivity contribution in [3.63, 3.8) is 0 Å².